The molecule has 1 aromatic rings. The lowest BCUT2D eigenvalue weighted by Gasteiger charge is -2.35. The SMILES string of the molecule is CC(=O)c1ccc(N2CCC(C(C)O)CC2)cc1Cl. The smallest absolute Gasteiger partial charge is 0.161 e. The molecule has 0 radical (unpaired) electrons. The number of nitrogens with zero attached hydrogens (tertiary/aromatic N) is 1. The summed E-state index contributed by atoms with van der Waals surface area (Å²) in [6, 6.07) is 5.60. The molecule has 1 atom stereocenters. The zero-order chi connectivity index (χ0) is 14.0. The van der Waals surface area contributed by atoms with Crippen LogP contribution in [0.4, 0.5) is 5.69 Å². The number of anilines is 1. The number of hydrogen-bond donors (Lipinski definition) is 1. The summed E-state index contributed by atoms with van der Waals surface area (Å²) < 4.78 is 0. The molecule has 19 heavy (non-hydrogen) atoms. The number of piperidine rings is 1. The van der Waals surface area contributed by atoms with Crippen molar-refractivity contribution < 1.29 is 9.90 Å². The van der Waals surface area contributed by atoms with Gasteiger partial charge in [0.05, 0.1) is 11.1 Å². The fourth-order valence-corrected chi connectivity index (χ4v) is 2.93. The first-order chi connectivity index (χ1) is 8.99. The van der Waals surface area contributed by atoms with Gasteiger partial charge < -0.3 is 10.0 Å². The van der Waals surface area contributed by atoms with Crippen LogP contribution < -0.4 is 4.90 Å². The normalized spacial score (nSPS) is 18.4. The maximum Gasteiger partial charge on any atom is 0.161 e. The summed E-state index contributed by atoms with van der Waals surface area (Å²) in [6.07, 6.45) is 1.75. The Morgan fingerprint density at radius 3 is 2.53 bits per heavy atom. The summed E-state index contributed by atoms with van der Waals surface area (Å²) in [5.41, 5.74) is 1.63. The maximum absolute atomic E-state index is 11.3. The zero-order valence-corrected chi connectivity index (χ0v) is 12.2. The average molecular weight is 282 g/mol. The zero-order valence-electron chi connectivity index (χ0n) is 11.4. The van der Waals surface area contributed by atoms with Crippen molar-refractivity contribution in [2.45, 2.75) is 32.8 Å². The summed E-state index contributed by atoms with van der Waals surface area (Å²) in [6.45, 7) is 5.23. The van der Waals surface area contributed by atoms with E-state index in [1.165, 1.54) is 6.92 Å². The summed E-state index contributed by atoms with van der Waals surface area (Å²) in [4.78, 5) is 13.6. The van der Waals surface area contributed by atoms with E-state index < -0.39 is 0 Å². The topological polar surface area (TPSA) is 40.5 Å². The van der Waals surface area contributed by atoms with Crippen LogP contribution in [0.2, 0.25) is 5.02 Å². The molecule has 0 spiro atoms. The Morgan fingerprint density at radius 2 is 2.05 bits per heavy atom. The number of hydrogen-bond acceptors (Lipinski definition) is 3. The third-order valence-electron chi connectivity index (χ3n) is 3.92. The minimum absolute atomic E-state index is 0.00985. The second kappa shape index (κ2) is 5.93. The molecule has 1 aliphatic heterocycles. The quantitative estimate of drug-likeness (QED) is 0.866. The number of benzene rings is 1. The van der Waals surface area contributed by atoms with Crippen molar-refractivity contribution >= 4 is 23.1 Å². The van der Waals surface area contributed by atoms with E-state index in [4.69, 9.17) is 11.6 Å². The first kappa shape index (κ1) is 14.4. The third-order valence-corrected chi connectivity index (χ3v) is 4.23. The number of ketones is 1. The lowest BCUT2D eigenvalue weighted by Crippen LogP contribution is -2.37. The average Bonchev–Trinajstić information content (AvgIpc) is 2.38. The van der Waals surface area contributed by atoms with Crippen molar-refractivity contribution in [1.82, 2.24) is 0 Å². The molecule has 1 aliphatic rings. The van der Waals surface area contributed by atoms with Crippen molar-refractivity contribution in [2.24, 2.45) is 5.92 Å². The number of halogens is 1. The van der Waals surface area contributed by atoms with Gasteiger partial charge in [0.2, 0.25) is 0 Å². The fourth-order valence-electron chi connectivity index (χ4n) is 2.63. The predicted octanol–water partition coefficient (Wildman–Crippen LogP) is 3.14. The molecule has 0 aliphatic carbocycles. The molecule has 1 saturated heterocycles. The Labute approximate surface area is 119 Å². The second-order valence-corrected chi connectivity index (χ2v) is 5.69. The van der Waals surface area contributed by atoms with E-state index in [-0.39, 0.29) is 11.9 Å². The van der Waals surface area contributed by atoms with Gasteiger partial charge in [-0.3, -0.25) is 4.79 Å². The van der Waals surface area contributed by atoms with Gasteiger partial charge in [-0.2, -0.15) is 0 Å². The Morgan fingerprint density at radius 1 is 1.42 bits per heavy atom. The van der Waals surface area contributed by atoms with Crippen molar-refractivity contribution in [3.63, 3.8) is 0 Å². The molecular formula is C15H20ClNO2. The highest BCUT2D eigenvalue weighted by atomic mass is 35.5. The Kier molecular flexibility index (Phi) is 4.48. The molecule has 0 saturated carbocycles. The van der Waals surface area contributed by atoms with E-state index >= 15 is 0 Å². The summed E-state index contributed by atoms with van der Waals surface area (Å²) >= 11 is 6.14. The standard InChI is InChI=1S/C15H20ClNO2/c1-10(18)12-5-7-17(8-6-12)13-3-4-14(11(2)19)15(16)9-13/h3-4,9-10,12,18H,5-8H2,1-2H3. The number of aliphatic hydroxyl groups is 1. The summed E-state index contributed by atoms with van der Waals surface area (Å²) in [5, 5.41) is 10.1. The first-order valence-corrected chi connectivity index (χ1v) is 7.10. The molecule has 0 aromatic heterocycles. The molecule has 0 amide bonds. The van der Waals surface area contributed by atoms with Crippen LogP contribution in [0.25, 0.3) is 0 Å². The van der Waals surface area contributed by atoms with Gasteiger partial charge in [-0.15, -0.1) is 0 Å². The summed E-state index contributed by atoms with van der Waals surface area (Å²) in [5.74, 6) is 0.382. The van der Waals surface area contributed by atoms with E-state index in [1.807, 2.05) is 19.1 Å². The van der Waals surface area contributed by atoms with Gasteiger partial charge in [-0.05, 0) is 50.8 Å². The molecule has 104 valence electrons. The van der Waals surface area contributed by atoms with Crippen LogP contribution in [0, 0.1) is 5.92 Å². The number of carbonyl (C=O) groups is 1. The van der Waals surface area contributed by atoms with E-state index in [0.29, 0.717) is 16.5 Å². The highest BCUT2D eigenvalue weighted by molar-refractivity contribution is 6.34. The van der Waals surface area contributed by atoms with Crippen LogP contribution in [-0.4, -0.2) is 30.1 Å². The lowest BCUT2D eigenvalue weighted by molar-refractivity contribution is 0.101. The molecule has 1 unspecified atom stereocenters. The molecule has 1 heterocycles. The van der Waals surface area contributed by atoms with Gasteiger partial charge in [0.1, 0.15) is 0 Å². The van der Waals surface area contributed by atoms with E-state index in [9.17, 15) is 9.90 Å². The molecule has 1 N–H and O–H groups in total. The Hall–Kier alpha value is -1.06. The lowest BCUT2D eigenvalue weighted by atomic mass is 9.92. The van der Waals surface area contributed by atoms with Crippen LogP contribution in [0.3, 0.4) is 0 Å². The molecule has 3 nitrogen and oxygen atoms in total. The number of Topliss-reactive ketones (excluding diaryl/α,β-unsaturated/α-hetero) is 1. The minimum Gasteiger partial charge on any atom is -0.393 e. The first-order valence-electron chi connectivity index (χ1n) is 6.72. The highest BCUT2D eigenvalue weighted by Gasteiger charge is 2.23. The highest BCUT2D eigenvalue weighted by Crippen LogP contribution is 2.28. The van der Waals surface area contributed by atoms with Crippen molar-refractivity contribution in [2.75, 3.05) is 18.0 Å². The molecule has 2 rings (SSSR count). The molecule has 1 fully saturated rings. The van der Waals surface area contributed by atoms with Gasteiger partial charge in [-0.1, -0.05) is 11.6 Å². The van der Waals surface area contributed by atoms with Gasteiger partial charge in [0, 0.05) is 24.3 Å². The van der Waals surface area contributed by atoms with Gasteiger partial charge in [0.25, 0.3) is 0 Å². The molecular weight excluding hydrogens is 262 g/mol. The van der Waals surface area contributed by atoms with Gasteiger partial charge >= 0.3 is 0 Å². The van der Waals surface area contributed by atoms with Gasteiger partial charge in [-0.25, -0.2) is 0 Å². The Balaban J connectivity index is 2.08. The number of aliphatic hydroxyl groups excluding tert-OH is 1. The largest absolute Gasteiger partial charge is 0.393 e. The van der Waals surface area contributed by atoms with Crippen LogP contribution in [-0.2, 0) is 0 Å². The number of rotatable bonds is 3. The predicted molar refractivity (Wildman–Crippen MR) is 78.1 cm³/mol. The monoisotopic (exact) mass is 281 g/mol. The Bertz CT molecular complexity index is 465. The van der Waals surface area contributed by atoms with E-state index in [2.05, 4.69) is 4.90 Å². The molecule has 1 aromatic carbocycles. The van der Waals surface area contributed by atoms with Crippen LogP contribution in [0.15, 0.2) is 18.2 Å². The van der Waals surface area contributed by atoms with Crippen molar-refractivity contribution in [1.29, 1.82) is 0 Å². The fraction of sp³-hybridized carbons (Fsp3) is 0.533. The summed E-state index contributed by atoms with van der Waals surface area (Å²) in [7, 11) is 0. The third kappa shape index (κ3) is 3.28. The minimum atomic E-state index is -0.231. The van der Waals surface area contributed by atoms with E-state index in [0.717, 1.165) is 31.6 Å². The van der Waals surface area contributed by atoms with E-state index in [1.54, 1.807) is 6.07 Å². The van der Waals surface area contributed by atoms with Gasteiger partial charge in [0.15, 0.2) is 5.78 Å². The second-order valence-electron chi connectivity index (χ2n) is 5.29. The van der Waals surface area contributed by atoms with Crippen molar-refractivity contribution in [3.8, 4) is 0 Å². The molecule has 4 heteroatoms. The van der Waals surface area contributed by atoms with Crippen LogP contribution >= 0.6 is 11.6 Å². The van der Waals surface area contributed by atoms with Crippen LogP contribution in [0.1, 0.15) is 37.0 Å². The van der Waals surface area contributed by atoms with Crippen LogP contribution in [0.5, 0.6) is 0 Å². The van der Waals surface area contributed by atoms with Crippen molar-refractivity contribution in [3.05, 3.63) is 28.8 Å². The maximum atomic E-state index is 11.3. The number of carbonyl (C=O) groups excluding carboxylic acids is 1. The molecule has 0 bridgehead atoms.